The van der Waals surface area contributed by atoms with E-state index >= 15 is 0 Å². The Bertz CT molecular complexity index is 1160. The van der Waals surface area contributed by atoms with Crippen LogP contribution in [0.5, 0.6) is 0 Å². The molecule has 4 rings (SSSR count). The second-order valence-corrected chi connectivity index (χ2v) is 13.1. The normalized spacial score (nSPS) is 33.5. The number of hydrogen-bond donors (Lipinski definition) is 1. The molecule has 1 aromatic heterocycles. The van der Waals surface area contributed by atoms with Gasteiger partial charge in [-0.05, 0) is 56.7 Å². The molecule has 3 heterocycles. The van der Waals surface area contributed by atoms with Crippen LogP contribution in [0.3, 0.4) is 0 Å². The van der Waals surface area contributed by atoms with Gasteiger partial charge in [-0.15, -0.1) is 17.9 Å². The number of aromatic nitrogens is 1. The van der Waals surface area contributed by atoms with Crippen LogP contribution in [0, 0.1) is 24.2 Å². The molecule has 6 atom stereocenters. The summed E-state index contributed by atoms with van der Waals surface area (Å²) in [4.78, 5) is 31.3. The summed E-state index contributed by atoms with van der Waals surface area (Å²) in [6, 6.07) is 5.99. The number of aliphatic hydroxyl groups is 1. The molecule has 2 saturated heterocycles. The van der Waals surface area contributed by atoms with Crippen molar-refractivity contribution in [2.24, 2.45) is 17.3 Å². The number of carbonyl (C=O) groups excluding carboxylic acids is 2. The summed E-state index contributed by atoms with van der Waals surface area (Å²) >= 11 is 1.63. The number of rotatable bonds is 3. The molecule has 6 nitrogen and oxygen atoms in total. The van der Waals surface area contributed by atoms with Crippen LogP contribution in [-0.2, 0) is 19.1 Å². The van der Waals surface area contributed by atoms with Gasteiger partial charge in [-0.25, -0.2) is 4.98 Å². The molecule has 2 aromatic rings. The number of aryl methyl sites for hydroxylation is 1. The maximum atomic E-state index is 13.5. The molecular weight excluding hydrogens is 486 g/mol. The third-order valence-electron chi connectivity index (χ3n) is 8.33. The van der Waals surface area contributed by atoms with E-state index in [1.807, 2.05) is 25.1 Å². The van der Waals surface area contributed by atoms with Gasteiger partial charge in [0, 0.05) is 12.3 Å². The fourth-order valence-electron chi connectivity index (χ4n) is 5.74. The molecule has 37 heavy (non-hydrogen) atoms. The van der Waals surface area contributed by atoms with Crippen LogP contribution in [0.25, 0.3) is 10.2 Å². The summed E-state index contributed by atoms with van der Waals surface area (Å²) in [6.45, 7) is 13.6. The molecule has 202 valence electrons. The lowest BCUT2D eigenvalue weighted by atomic mass is 9.72. The van der Waals surface area contributed by atoms with Crippen LogP contribution in [0.2, 0.25) is 0 Å². The van der Waals surface area contributed by atoms with Crippen LogP contribution < -0.4 is 0 Å². The lowest BCUT2D eigenvalue weighted by Gasteiger charge is -2.33. The van der Waals surface area contributed by atoms with E-state index in [0.717, 1.165) is 46.5 Å². The van der Waals surface area contributed by atoms with E-state index in [4.69, 9.17) is 9.47 Å². The first kappa shape index (κ1) is 27.9. The van der Waals surface area contributed by atoms with Gasteiger partial charge in [0.1, 0.15) is 11.9 Å². The van der Waals surface area contributed by atoms with Gasteiger partial charge >= 0.3 is 5.97 Å². The highest BCUT2D eigenvalue weighted by atomic mass is 32.1. The number of aliphatic hydroxyl groups excluding tert-OH is 1. The van der Waals surface area contributed by atoms with E-state index in [-0.39, 0.29) is 29.8 Å². The molecule has 0 saturated carbocycles. The fraction of sp³-hybridized carbons (Fsp3) is 0.633. The highest BCUT2D eigenvalue weighted by Gasteiger charge is 2.52. The molecule has 0 aliphatic carbocycles. The lowest BCUT2D eigenvalue weighted by Crippen LogP contribution is -2.42. The van der Waals surface area contributed by atoms with Crippen molar-refractivity contribution in [2.45, 2.75) is 103 Å². The Morgan fingerprint density at radius 2 is 2.00 bits per heavy atom. The van der Waals surface area contributed by atoms with Crippen molar-refractivity contribution in [1.29, 1.82) is 0 Å². The molecule has 0 spiro atoms. The van der Waals surface area contributed by atoms with Crippen LogP contribution in [0.15, 0.2) is 30.9 Å². The smallest absolute Gasteiger partial charge is 0.309 e. The Balaban J connectivity index is 1.61. The van der Waals surface area contributed by atoms with Crippen molar-refractivity contribution in [1.82, 2.24) is 4.98 Å². The number of thiazole rings is 1. The summed E-state index contributed by atoms with van der Waals surface area (Å²) < 4.78 is 13.2. The van der Waals surface area contributed by atoms with Crippen LogP contribution >= 0.6 is 11.3 Å². The number of ketones is 1. The fourth-order valence-corrected chi connectivity index (χ4v) is 6.55. The maximum absolute atomic E-state index is 13.5. The molecule has 0 amide bonds. The van der Waals surface area contributed by atoms with Crippen LogP contribution in [0.4, 0.5) is 0 Å². The Morgan fingerprint density at radius 1 is 1.24 bits per heavy atom. The van der Waals surface area contributed by atoms with E-state index in [1.165, 1.54) is 0 Å². The van der Waals surface area contributed by atoms with Gasteiger partial charge in [0.05, 0.1) is 44.9 Å². The number of benzene rings is 1. The molecule has 0 bridgehead atoms. The average molecular weight is 528 g/mol. The van der Waals surface area contributed by atoms with Gasteiger partial charge in [-0.1, -0.05) is 45.8 Å². The molecule has 1 aromatic carbocycles. The monoisotopic (exact) mass is 527 g/mol. The molecule has 2 aliphatic rings. The van der Waals surface area contributed by atoms with Gasteiger partial charge in [0.15, 0.2) is 0 Å². The van der Waals surface area contributed by atoms with Gasteiger partial charge < -0.3 is 14.6 Å². The Morgan fingerprint density at radius 3 is 2.73 bits per heavy atom. The average Bonchev–Trinajstić information content (AvgIpc) is 3.29. The highest BCUT2D eigenvalue weighted by molar-refractivity contribution is 7.18. The summed E-state index contributed by atoms with van der Waals surface area (Å²) in [5.41, 5.74) is 0.445. The number of hydrogen-bond acceptors (Lipinski definition) is 7. The van der Waals surface area contributed by atoms with Crippen molar-refractivity contribution in [2.75, 3.05) is 0 Å². The number of ether oxygens (including phenoxy) is 2. The summed E-state index contributed by atoms with van der Waals surface area (Å²) in [5, 5.41) is 12.0. The number of esters is 1. The number of fused-ring (bicyclic) bond motifs is 2. The summed E-state index contributed by atoms with van der Waals surface area (Å²) in [6.07, 6.45) is 4.66. The van der Waals surface area contributed by atoms with Crippen LogP contribution in [0.1, 0.15) is 89.3 Å². The Kier molecular flexibility index (Phi) is 8.27. The number of carbonyl (C=O) groups is 2. The van der Waals surface area contributed by atoms with Gasteiger partial charge in [-0.3, -0.25) is 9.59 Å². The molecule has 0 radical (unpaired) electrons. The number of Topliss-reactive ketones (excluding diaryl/α,β-unsaturated/α-hetero) is 1. The second-order valence-electron chi connectivity index (χ2n) is 11.9. The van der Waals surface area contributed by atoms with E-state index in [1.54, 1.807) is 31.3 Å². The zero-order chi connectivity index (χ0) is 27.0. The maximum Gasteiger partial charge on any atom is 0.309 e. The zero-order valence-electron chi connectivity index (χ0n) is 22.8. The zero-order valence-corrected chi connectivity index (χ0v) is 23.6. The third-order valence-corrected chi connectivity index (χ3v) is 9.29. The number of cyclic esters (lactones) is 1. The van der Waals surface area contributed by atoms with Gasteiger partial charge in [0.2, 0.25) is 0 Å². The molecule has 2 fully saturated rings. The van der Waals surface area contributed by atoms with Crippen molar-refractivity contribution in [3.63, 3.8) is 0 Å². The predicted molar refractivity (Wildman–Crippen MR) is 146 cm³/mol. The van der Waals surface area contributed by atoms with Gasteiger partial charge in [0.25, 0.3) is 0 Å². The number of allylic oxidation sites excluding steroid dienone is 1. The van der Waals surface area contributed by atoms with E-state index in [9.17, 15) is 14.7 Å². The lowest BCUT2D eigenvalue weighted by molar-refractivity contribution is -0.155. The Hall–Kier alpha value is -2.09. The minimum Gasteiger partial charge on any atom is -0.457 e. The van der Waals surface area contributed by atoms with Gasteiger partial charge in [-0.2, -0.15) is 0 Å². The van der Waals surface area contributed by atoms with Crippen molar-refractivity contribution in [3.05, 3.63) is 41.4 Å². The SMILES string of the molecule is C=CCC1CC(C)CCCC2(C)OC2CC(c2ccc3sc(C)nc3c2)OC(=O)CC(O)C(C)(C)C1=O. The van der Waals surface area contributed by atoms with Crippen molar-refractivity contribution in [3.8, 4) is 0 Å². The van der Waals surface area contributed by atoms with Crippen molar-refractivity contribution >= 4 is 33.3 Å². The molecular formula is C30H41NO5S. The topological polar surface area (TPSA) is 89.0 Å². The minimum absolute atomic E-state index is 0.00200. The first-order valence-electron chi connectivity index (χ1n) is 13.5. The standard InChI is InChI=1S/C30H41NO5S/c1-7-9-21-14-18(2)10-8-13-30(6)26(36-30)16-23(20-11-12-24-22(15-20)31-19(3)37-24)35-27(33)17-25(32)29(4,5)28(21)34/h7,11-12,15,18,21,23,25-26,32H,1,8-10,13-14,16-17H2,2-6H3. The van der Waals surface area contributed by atoms with E-state index < -0.39 is 23.6 Å². The van der Waals surface area contributed by atoms with Crippen molar-refractivity contribution < 1.29 is 24.2 Å². The predicted octanol–water partition coefficient (Wildman–Crippen LogP) is 6.49. The second kappa shape index (κ2) is 11.0. The van der Waals surface area contributed by atoms with Crippen LogP contribution in [-0.4, -0.2) is 39.7 Å². The molecule has 6 unspecified atom stereocenters. The summed E-state index contributed by atoms with van der Waals surface area (Å²) in [5.74, 6) is -0.412. The minimum atomic E-state index is -1.14. The highest BCUT2D eigenvalue weighted by Crippen LogP contribution is 2.47. The quantitative estimate of drug-likeness (QED) is 0.279. The first-order chi connectivity index (χ1) is 17.4. The third kappa shape index (κ3) is 6.32. The number of nitrogens with zero attached hydrogens (tertiary/aromatic N) is 1. The Labute approximate surface area is 224 Å². The molecule has 2 aliphatic heterocycles. The largest absolute Gasteiger partial charge is 0.457 e. The molecule has 7 heteroatoms. The first-order valence-corrected chi connectivity index (χ1v) is 14.3. The summed E-state index contributed by atoms with van der Waals surface area (Å²) in [7, 11) is 0. The van der Waals surface area contributed by atoms with E-state index in [0.29, 0.717) is 18.8 Å². The molecule has 1 N–H and O–H groups in total. The van der Waals surface area contributed by atoms with E-state index in [2.05, 4.69) is 25.4 Å². The number of epoxide rings is 1.